The maximum absolute atomic E-state index is 13.0. The molecule has 0 N–H and O–H groups in total. The van der Waals surface area contributed by atoms with Crippen molar-refractivity contribution in [2.75, 3.05) is 31.1 Å². The molecule has 1 amide bonds. The van der Waals surface area contributed by atoms with Gasteiger partial charge in [-0.25, -0.2) is 9.97 Å². The van der Waals surface area contributed by atoms with Crippen molar-refractivity contribution in [2.45, 2.75) is 51.7 Å². The fourth-order valence-corrected chi connectivity index (χ4v) is 4.50. The van der Waals surface area contributed by atoms with Crippen LogP contribution in [0, 0.1) is 11.3 Å². The summed E-state index contributed by atoms with van der Waals surface area (Å²) < 4.78 is 7.01. The number of carbonyl (C=O) groups is 1. The van der Waals surface area contributed by atoms with Gasteiger partial charge in [0, 0.05) is 38.1 Å². The molecule has 2 aromatic rings. The van der Waals surface area contributed by atoms with Crippen molar-refractivity contribution in [3.05, 3.63) is 52.4 Å². The second kappa shape index (κ2) is 10.9. The minimum absolute atomic E-state index is 0.0115. The van der Waals surface area contributed by atoms with Gasteiger partial charge < -0.3 is 14.5 Å². The summed E-state index contributed by atoms with van der Waals surface area (Å²) in [7, 11) is 0. The number of carbonyl (C=O) groups excluding carboxylic acids is 1. The molecule has 2 aromatic heterocycles. The van der Waals surface area contributed by atoms with Gasteiger partial charge in [-0.05, 0) is 85.8 Å². The first-order valence-corrected chi connectivity index (χ1v) is 11.9. The molecule has 3 rings (SSSR count). The van der Waals surface area contributed by atoms with Crippen LogP contribution < -0.4 is 4.90 Å². The topological polar surface area (TPSA) is 82.3 Å². The van der Waals surface area contributed by atoms with Crippen molar-refractivity contribution in [3.63, 3.8) is 0 Å². The Balaban J connectivity index is 1.62. The number of hydrogen-bond donors (Lipinski definition) is 0. The highest BCUT2D eigenvalue weighted by Crippen LogP contribution is 2.45. The minimum atomic E-state index is -0.395. The van der Waals surface area contributed by atoms with Gasteiger partial charge in [0.15, 0.2) is 0 Å². The number of ether oxygens (including phenoxy) is 1. The van der Waals surface area contributed by atoms with E-state index in [1.165, 1.54) is 0 Å². The van der Waals surface area contributed by atoms with Gasteiger partial charge in [0.2, 0.25) is 5.91 Å². The summed E-state index contributed by atoms with van der Waals surface area (Å²) in [6.45, 7) is 8.12. The number of rotatable bonds is 10. The van der Waals surface area contributed by atoms with Gasteiger partial charge in [0.05, 0.1) is 11.2 Å². The van der Waals surface area contributed by atoms with Crippen molar-refractivity contribution in [3.8, 4) is 6.07 Å². The molecule has 170 valence electrons. The number of nitrogens with zero attached hydrogens (tertiary/aromatic N) is 5. The van der Waals surface area contributed by atoms with Crippen LogP contribution in [0.5, 0.6) is 0 Å². The maximum atomic E-state index is 13.0. The van der Waals surface area contributed by atoms with Gasteiger partial charge in [-0.15, -0.1) is 0 Å². The van der Waals surface area contributed by atoms with Gasteiger partial charge in [-0.1, -0.05) is 0 Å². The molecule has 7 nitrogen and oxygen atoms in total. The Labute approximate surface area is 198 Å². The smallest absolute Gasteiger partial charge is 0.248 e. The third kappa shape index (κ3) is 5.45. The average molecular weight is 500 g/mol. The Morgan fingerprint density at radius 1 is 1.28 bits per heavy atom. The molecule has 1 fully saturated rings. The minimum Gasteiger partial charge on any atom is -0.360 e. The molecule has 0 saturated heterocycles. The molecule has 1 atom stereocenters. The van der Waals surface area contributed by atoms with Gasteiger partial charge in [-0.2, -0.15) is 5.26 Å². The van der Waals surface area contributed by atoms with Crippen LogP contribution in [0.2, 0.25) is 0 Å². The van der Waals surface area contributed by atoms with Crippen molar-refractivity contribution in [1.29, 1.82) is 5.26 Å². The molecule has 1 saturated carbocycles. The largest absolute Gasteiger partial charge is 0.360 e. The van der Waals surface area contributed by atoms with E-state index in [1.54, 1.807) is 18.5 Å². The van der Waals surface area contributed by atoms with Crippen LogP contribution in [0.15, 0.2) is 41.3 Å². The normalized spacial score (nSPS) is 15.3. The standard InChI is InChI=1S/C24H30BrN5O2/c1-4-29(16-18(3)30(5-2)22-8-7-19(14-26)15-28-22)23(31)17-32-24(10-6-11-24)20-9-12-27-21(25)13-20/h7-9,12-13,15,18H,4-6,10-11,16-17H2,1-3H3. The van der Waals surface area contributed by atoms with Crippen LogP contribution in [0.3, 0.4) is 0 Å². The maximum Gasteiger partial charge on any atom is 0.248 e. The second-order valence-electron chi connectivity index (χ2n) is 8.09. The summed E-state index contributed by atoms with van der Waals surface area (Å²) in [6.07, 6.45) is 6.25. The van der Waals surface area contributed by atoms with E-state index in [0.717, 1.165) is 41.8 Å². The fourth-order valence-electron chi connectivity index (χ4n) is 4.14. The van der Waals surface area contributed by atoms with E-state index in [4.69, 9.17) is 10.00 Å². The van der Waals surface area contributed by atoms with Crippen molar-refractivity contribution < 1.29 is 9.53 Å². The lowest BCUT2D eigenvalue weighted by Crippen LogP contribution is -2.47. The summed E-state index contributed by atoms with van der Waals surface area (Å²) in [5.41, 5.74) is 1.21. The molecule has 0 aromatic carbocycles. The van der Waals surface area contributed by atoms with E-state index in [2.05, 4.69) is 50.7 Å². The highest BCUT2D eigenvalue weighted by Gasteiger charge is 2.40. The van der Waals surface area contributed by atoms with Gasteiger partial charge in [-0.3, -0.25) is 4.79 Å². The molecule has 0 bridgehead atoms. The molecule has 0 aliphatic heterocycles. The van der Waals surface area contributed by atoms with E-state index in [0.29, 0.717) is 18.7 Å². The Morgan fingerprint density at radius 3 is 2.59 bits per heavy atom. The zero-order chi connectivity index (χ0) is 23.1. The molecular weight excluding hydrogens is 470 g/mol. The Kier molecular flexibility index (Phi) is 8.21. The zero-order valence-corrected chi connectivity index (χ0v) is 20.5. The molecule has 1 unspecified atom stereocenters. The van der Waals surface area contributed by atoms with Crippen LogP contribution >= 0.6 is 15.9 Å². The number of nitriles is 1. The average Bonchev–Trinajstić information content (AvgIpc) is 2.77. The number of hydrogen-bond acceptors (Lipinski definition) is 6. The number of likely N-dealkylation sites (N-methyl/N-ethyl adjacent to an activating group) is 2. The van der Waals surface area contributed by atoms with Crippen LogP contribution in [-0.2, 0) is 15.1 Å². The number of aromatic nitrogens is 2. The third-order valence-electron chi connectivity index (χ3n) is 6.15. The molecule has 32 heavy (non-hydrogen) atoms. The molecule has 2 heterocycles. The predicted molar refractivity (Wildman–Crippen MR) is 127 cm³/mol. The van der Waals surface area contributed by atoms with Crippen LogP contribution in [0.25, 0.3) is 0 Å². The number of amides is 1. The first kappa shape index (κ1) is 24.1. The van der Waals surface area contributed by atoms with Gasteiger partial charge in [0.25, 0.3) is 0 Å². The van der Waals surface area contributed by atoms with Gasteiger partial charge in [0.1, 0.15) is 23.1 Å². The monoisotopic (exact) mass is 499 g/mol. The highest BCUT2D eigenvalue weighted by molar-refractivity contribution is 9.10. The molecule has 0 radical (unpaired) electrons. The van der Waals surface area contributed by atoms with Crippen molar-refractivity contribution >= 4 is 27.7 Å². The second-order valence-corrected chi connectivity index (χ2v) is 8.90. The first-order valence-electron chi connectivity index (χ1n) is 11.1. The first-order chi connectivity index (χ1) is 15.4. The van der Waals surface area contributed by atoms with Crippen LogP contribution in [0.4, 0.5) is 5.82 Å². The van der Waals surface area contributed by atoms with Crippen LogP contribution in [-0.4, -0.2) is 53.1 Å². The number of anilines is 1. The molecule has 8 heteroatoms. The molecule has 0 spiro atoms. The molecule has 1 aliphatic rings. The SMILES string of the molecule is CCN(CC(C)N(CC)c1ccc(C#N)cn1)C(=O)COC1(c2ccnc(Br)c2)CCC1. The fraction of sp³-hybridized carbons (Fsp3) is 0.500. The summed E-state index contributed by atoms with van der Waals surface area (Å²) in [6, 6.07) is 9.73. The Hall–Kier alpha value is -2.50. The number of pyridine rings is 2. The van der Waals surface area contributed by atoms with Crippen molar-refractivity contribution in [2.24, 2.45) is 0 Å². The lowest BCUT2D eigenvalue weighted by atomic mass is 9.75. The lowest BCUT2D eigenvalue weighted by Gasteiger charge is -2.42. The zero-order valence-electron chi connectivity index (χ0n) is 18.9. The Morgan fingerprint density at radius 2 is 2.06 bits per heavy atom. The van der Waals surface area contributed by atoms with Gasteiger partial charge >= 0.3 is 0 Å². The molecular formula is C24H30BrN5O2. The number of halogens is 1. The quantitative estimate of drug-likeness (QED) is 0.454. The summed E-state index contributed by atoms with van der Waals surface area (Å²) in [5.74, 6) is 0.790. The van der Waals surface area contributed by atoms with Crippen LogP contribution in [0.1, 0.15) is 51.2 Å². The summed E-state index contributed by atoms with van der Waals surface area (Å²) in [5, 5.41) is 9.00. The summed E-state index contributed by atoms with van der Waals surface area (Å²) >= 11 is 3.43. The van der Waals surface area contributed by atoms with E-state index < -0.39 is 5.60 Å². The molecule has 1 aliphatic carbocycles. The predicted octanol–water partition coefficient (Wildman–Crippen LogP) is 4.27. The van der Waals surface area contributed by atoms with E-state index in [1.807, 2.05) is 30.0 Å². The third-order valence-corrected chi connectivity index (χ3v) is 6.58. The van der Waals surface area contributed by atoms with E-state index in [-0.39, 0.29) is 18.6 Å². The van der Waals surface area contributed by atoms with E-state index in [9.17, 15) is 4.79 Å². The van der Waals surface area contributed by atoms with Crippen molar-refractivity contribution in [1.82, 2.24) is 14.9 Å². The lowest BCUT2D eigenvalue weighted by molar-refractivity contribution is -0.153. The summed E-state index contributed by atoms with van der Waals surface area (Å²) in [4.78, 5) is 25.6. The van der Waals surface area contributed by atoms with E-state index >= 15 is 0 Å². The Bertz CT molecular complexity index is 956. The highest BCUT2D eigenvalue weighted by atomic mass is 79.9.